The highest BCUT2D eigenvalue weighted by atomic mass is 16.5. The molecule has 6 nitrogen and oxygen atoms in total. The van der Waals surface area contributed by atoms with Gasteiger partial charge in [0.25, 0.3) is 0 Å². The highest BCUT2D eigenvalue weighted by molar-refractivity contribution is 5.02. The second-order valence-corrected chi connectivity index (χ2v) is 4.86. The van der Waals surface area contributed by atoms with Crippen molar-refractivity contribution in [2.24, 2.45) is 5.73 Å². The zero-order chi connectivity index (χ0) is 11.8. The van der Waals surface area contributed by atoms with Gasteiger partial charge in [-0.2, -0.15) is 4.98 Å². The van der Waals surface area contributed by atoms with Gasteiger partial charge in [0, 0.05) is 32.7 Å². The molecule has 3 aliphatic rings. The van der Waals surface area contributed by atoms with Crippen LogP contribution in [-0.2, 0) is 0 Å². The zero-order valence-electron chi connectivity index (χ0n) is 10.2. The van der Waals surface area contributed by atoms with Gasteiger partial charge in [0.1, 0.15) is 0 Å². The third-order valence-corrected chi connectivity index (χ3v) is 3.79. The van der Waals surface area contributed by atoms with Crippen molar-refractivity contribution in [1.29, 1.82) is 0 Å². The molecule has 2 N–H and O–H groups in total. The molecule has 3 saturated heterocycles. The van der Waals surface area contributed by atoms with Crippen LogP contribution in [0.2, 0.25) is 0 Å². The van der Waals surface area contributed by atoms with E-state index in [0.717, 1.165) is 45.0 Å². The Hall–Kier alpha value is -0.980. The lowest BCUT2D eigenvalue weighted by molar-refractivity contribution is 0.00781. The molecule has 94 valence electrons. The van der Waals surface area contributed by atoms with Crippen molar-refractivity contribution in [2.45, 2.75) is 25.4 Å². The van der Waals surface area contributed by atoms with Crippen molar-refractivity contribution in [3.63, 3.8) is 0 Å². The Labute approximate surface area is 101 Å². The van der Waals surface area contributed by atoms with E-state index in [-0.39, 0.29) is 6.04 Å². The summed E-state index contributed by atoms with van der Waals surface area (Å²) in [7, 11) is 0. The van der Waals surface area contributed by atoms with Crippen LogP contribution in [0.3, 0.4) is 0 Å². The van der Waals surface area contributed by atoms with Gasteiger partial charge in [0.15, 0.2) is 5.82 Å². The summed E-state index contributed by atoms with van der Waals surface area (Å²) in [5, 5.41) is 4.09. The molecule has 6 heteroatoms. The SMILES string of the molecule is CC[C@H](N)c1nc(C2CN3CCN2CC3)no1. The lowest BCUT2D eigenvalue weighted by Crippen LogP contribution is -2.57. The molecule has 0 spiro atoms. The fourth-order valence-corrected chi connectivity index (χ4v) is 2.57. The molecule has 2 bridgehead atoms. The Morgan fingerprint density at radius 3 is 2.76 bits per heavy atom. The smallest absolute Gasteiger partial charge is 0.243 e. The lowest BCUT2D eigenvalue weighted by Gasteiger charge is -2.46. The first-order valence-corrected chi connectivity index (χ1v) is 6.33. The van der Waals surface area contributed by atoms with Gasteiger partial charge in [0.2, 0.25) is 5.89 Å². The van der Waals surface area contributed by atoms with E-state index in [0.29, 0.717) is 11.9 Å². The number of hydrogen-bond donors (Lipinski definition) is 1. The first-order chi connectivity index (χ1) is 8.28. The molecule has 1 unspecified atom stereocenters. The molecule has 4 heterocycles. The summed E-state index contributed by atoms with van der Waals surface area (Å²) in [6.45, 7) is 7.57. The standard InChI is InChI=1S/C11H19N5O/c1-2-8(12)11-13-10(14-17-11)9-7-15-3-5-16(9)6-4-15/h8-9H,2-7,12H2,1H3/t8-,9?/m0/s1. The highest BCUT2D eigenvalue weighted by Gasteiger charge is 2.35. The number of hydrogen-bond acceptors (Lipinski definition) is 6. The fourth-order valence-electron chi connectivity index (χ4n) is 2.57. The fraction of sp³-hybridized carbons (Fsp3) is 0.818. The van der Waals surface area contributed by atoms with Crippen molar-refractivity contribution in [3.8, 4) is 0 Å². The summed E-state index contributed by atoms with van der Waals surface area (Å²) in [5.41, 5.74) is 5.89. The minimum absolute atomic E-state index is 0.132. The van der Waals surface area contributed by atoms with Gasteiger partial charge >= 0.3 is 0 Å². The van der Waals surface area contributed by atoms with Crippen LogP contribution in [0.15, 0.2) is 4.52 Å². The molecule has 0 aliphatic carbocycles. The van der Waals surface area contributed by atoms with Crippen molar-refractivity contribution in [3.05, 3.63) is 11.7 Å². The Morgan fingerprint density at radius 1 is 1.41 bits per heavy atom. The number of nitrogens with two attached hydrogens (primary N) is 1. The maximum atomic E-state index is 5.89. The molecule has 0 amide bonds. The van der Waals surface area contributed by atoms with E-state index in [4.69, 9.17) is 10.3 Å². The second-order valence-electron chi connectivity index (χ2n) is 4.86. The minimum Gasteiger partial charge on any atom is -0.338 e. The van der Waals surface area contributed by atoms with E-state index in [2.05, 4.69) is 19.9 Å². The molecule has 3 fully saturated rings. The average Bonchev–Trinajstić information content (AvgIpc) is 2.88. The van der Waals surface area contributed by atoms with Crippen LogP contribution in [0.25, 0.3) is 0 Å². The Morgan fingerprint density at radius 2 is 2.18 bits per heavy atom. The van der Waals surface area contributed by atoms with E-state index < -0.39 is 0 Å². The van der Waals surface area contributed by atoms with E-state index in [1.54, 1.807) is 0 Å². The van der Waals surface area contributed by atoms with Gasteiger partial charge in [-0.1, -0.05) is 12.1 Å². The normalized spacial score (nSPS) is 33.9. The van der Waals surface area contributed by atoms with Gasteiger partial charge in [-0.3, -0.25) is 9.80 Å². The Bertz CT molecular complexity index is 385. The third-order valence-electron chi connectivity index (χ3n) is 3.79. The average molecular weight is 237 g/mol. The van der Waals surface area contributed by atoms with Crippen molar-refractivity contribution in [1.82, 2.24) is 19.9 Å². The Balaban J connectivity index is 1.78. The predicted molar refractivity (Wildman–Crippen MR) is 62.3 cm³/mol. The molecular weight excluding hydrogens is 218 g/mol. The molecule has 0 saturated carbocycles. The number of nitrogens with zero attached hydrogens (tertiary/aromatic N) is 4. The first kappa shape index (κ1) is 11.1. The minimum atomic E-state index is -0.132. The van der Waals surface area contributed by atoms with Crippen LogP contribution < -0.4 is 5.73 Å². The van der Waals surface area contributed by atoms with E-state index in [1.807, 2.05) is 6.92 Å². The summed E-state index contributed by atoms with van der Waals surface area (Å²) >= 11 is 0. The molecule has 0 radical (unpaired) electrons. The van der Waals surface area contributed by atoms with Crippen LogP contribution in [0, 0.1) is 0 Å². The summed E-state index contributed by atoms with van der Waals surface area (Å²) < 4.78 is 5.25. The monoisotopic (exact) mass is 237 g/mol. The third kappa shape index (κ3) is 1.96. The molecule has 17 heavy (non-hydrogen) atoms. The first-order valence-electron chi connectivity index (χ1n) is 6.33. The van der Waals surface area contributed by atoms with Gasteiger partial charge in [-0.25, -0.2) is 0 Å². The van der Waals surface area contributed by atoms with Crippen molar-refractivity contribution in [2.75, 3.05) is 32.7 Å². The van der Waals surface area contributed by atoms with Crippen LogP contribution in [0.4, 0.5) is 0 Å². The number of piperazine rings is 3. The Kier molecular flexibility index (Phi) is 2.85. The summed E-state index contributed by atoms with van der Waals surface area (Å²) in [6.07, 6.45) is 0.822. The molecular formula is C11H19N5O. The molecule has 3 aliphatic heterocycles. The van der Waals surface area contributed by atoms with Gasteiger partial charge < -0.3 is 10.3 Å². The van der Waals surface area contributed by atoms with Gasteiger partial charge in [0.05, 0.1) is 12.1 Å². The number of rotatable bonds is 3. The quantitative estimate of drug-likeness (QED) is 0.807. The molecule has 2 atom stereocenters. The highest BCUT2D eigenvalue weighted by Crippen LogP contribution is 2.27. The summed E-state index contributed by atoms with van der Waals surface area (Å²) in [5.74, 6) is 1.37. The van der Waals surface area contributed by atoms with Gasteiger partial charge in [-0.15, -0.1) is 0 Å². The molecule has 0 aromatic carbocycles. The van der Waals surface area contributed by atoms with E-state index >= 15 is 0 Å². The topological polar surface area (TPSA) is 71.4 Å². The predicted octanol–water partition coefficient (Wildman–Crippen LogP) is 0.152. The van der Waals surface area contributed by atoms with Gasteiger partial charge in [-0.05, 0) is 6.42 Å². The van der Waals surface area contributed by atoms with E-state index in [9.17, 15) is 0 Å². The summed E-state index contributed by atoms with van der Waals surface area (Å²) in [4.78, 5) is 9.35. The van der Waals surface area contributed by atoms with Crippen LogP contribution in [0.5, 0.6) is 0 Å². The lowest BCUT2D eigenvalue weighted by atomic mass is 10.1. The second kappa shape index (κ2) is 4.36. The van der Waals surface area contributed by atoms with Crippen LogP contribution >= 0.6 is 0 Å². The van der Waals surface area contributed by atoms with E-state index in [1.165, 1.54) is 0 Å². The largest absolute Gasteiger partial charge is 0.338 e. The number of aromatic nitrogens is 2. The molecule has 1 aromatic heterocycles. The van der Waals surface area contributed by atoms with Crippen molar-refractivity contribution >= 4 is 0 Å². The zero-order valence-corrected chi connectivity index (χ0v) is 10.2. The molecule has 1 aromatic rings. The molecule has 4 rings (SSSR count). The number of fused-ring (bicyclic) bond motifs is 3. The van der Waals surface area contributed by atoms with Crippen LogP contribution in [-0.4, -0.2) is 52.7 Å². The van der Waals surface area contributed by atoms with Crippen LogP contribution in [0.1, 0.15) is 37.1 Å². The maximum Gasteiger partial charge on any atom is 0.243 e. The van der Waals surface area contributed by atoms with Crippen molar-refractivity contribution < 1.29 is 4.52 Å². The summed E-state index contributed by atoms with van der Waals surface area (Å²) in [6, 6.07) is 0.159. The maximum absolute atomic E-state index is 5.89.